The highest BCUT2D eigenvalue weighted by Crippen LogP contribution is 2.17. The molecule has 0 amide bonds. The summed E-state index contributed by atoms with van der Waals surface area (Å²) in [6.45, 7) is 0.213. The quantitative estimate of drug-likeness (QED) is 0.768. The lowest BCUT2D eigenvalue weighted by atomic mass is 10.0. The minimum absolute atomic E-state index is 0.213. The van der Waals surface area contributed by atoms with Gasteiger partial charge in [0.2, 0.25) is 0 Å². The molecule has 66 valence electrons. The lowest BCUT2D eigenvalue weighted by Crippen LogP contribution is -2.06. The Labute approximate surface area is 77.0 Å². The molecule has 3 heteroatoms. The van der Waals surface area contributed by atoms with Crippen LogP contribution in [0, 0.1) is 0 Å². The zero-order valence-corrected chi connectivity index (χ0v) is 7.92. The van der Waals surface area contributed by atoms with Crippen LogP contribution in [0.3, 0.4) is 0 Å². The van der Waals surface area contributed by atoms with E-state index < -0.39 is 0 Å². The molecule has 0 fully saturated rings. The van der Waals surface area contributed by atoms with Gasteiger partial charge in [-0.05, 0) is 24.0 Å². The van der Waals surface area contributed by atoms with E-state index in [1.165, 1.54) is 5.56 Å². The molecule has 1 heterocycles. The summed E-state index contributed by atoms with van der Waals surface area (Å²) < 4.78 is 0. The average molecular weight is 183 g/mol. The first-order chi connectivity index (χ1) is 5.88. The largest absolute Gasteiger partial charge is 0.396 e. The maximum absolute atomic E-state index is 9.08. The van der Waals surface area contributed by atoms with Gasteiger partial charge in [0.05, 0.1) is 6.61 Å². The Morgan fingerprint density at radius 1 is 1.50 bits per heavy atom. The number of nitrogens with zero attached hydrogens (tertiary/aromatic N) is 1. The maximum Gasteiger partial charge on any atom is 0.0507 e. The van der Waals surface area contributed by atoms with Crippen LogP contribution in [-0.4, -0.2) is 28.7 Å². The molecule has 0 aromatic carbocycles. The number of aliphatic hydroxyl groups excluding tert-OH is 1. The molecule has 0 aliphatic carbocycles. The summed E-state index contributed by atoms with van der Waals surface area (Å²) in [5.74, 6) is 1.21. The first kappa shape index (κ1) is 9.55. The van der Waals surface area contributed by atoms with Gasteiger partial charge in [-0.1, -0.05) is 0 Å². The van der Waals surface area contributed by atoms with E-state index in [9.17, 15) is 0 Å². The predicted octanol–water partition coefficient (Wildman–Crippen LogP) is 1.52. The Hall–Kier alpha value is -0.540. The van der Waals surface area contributed by atoms with Gasteiger partial charge in [-0.3, -0.25) is 4.98 Å². The molecule has 0 aliphatic rings. The Kier molecular flexibility index (Phi) is 4.11. The van der Waals surface area contributed by atoms with E-state index in [0.717, 1.165) is 5.75 Å². The van der Waals surface area contributed by atoms with Gasteiger partial charge in [0.25, 0.3) is 0 Å². The molecule has 1 unspecified atom stereocenters. The minimum atomic E-state index is 0.213. The van der Waals surface area contributed by atoms with Crippen molar-refractivity contribution >= 4 is 11.8 Å². The average Bonchev–Trinajstić information content (AvgIpc) is 2.15. The summed E-state index contributed by atoms with van der Waals surface area (Å²) >= 11 is 1.75. The molecule has 1 aromatic rings. The predicted molar refractivity (Wildman–Crippen MR) is 52.4 cm³/mol. The van der Waals surface area contributed by atoms with E-state index in [0.29, 0.717) is 0 Å². The number of aliphatic hydroxyl groups is 1. The Balaban J connectivity index is 2.66. The molecular weight excluding hydrogens is 170 g/mol. The molecule has 1 aromatic heterocycles. The summed E-state index contributed by atoms with van der Waals surface area (Å²) in [6.07, 6.45) is 5.57. The molecule has 0 saturated carbocycles. The second-order valence-corrected chi connectivity index (χ2v) is 3.53. The van der Waals surface area contributed by atoms with Gasteiger partial charge in [0.15, 0.2) is 0 Å². The van der Waals surface area contributed by atoms with Crippen molar-refractivity contribution < 1.29 is 5.11 Å². The van der Waals surface area contributed by atoms with Crippen LogP contribution in [0.4, 0.5) is 0 Å². The van der Waals surface area contributed by atoms with E-state index in [4.69, 9.17) is 5.11 Å². The van der Waals surface area contributed by atoms with Gasteiger partial charge in [0, 0.05) is 24.1 Å². The van der Waals surface area contributed by atoms with Crippen molar-refractivity contribution in [1.29, 1.82) is 0 Å². The first-order valence-corrected chi connectivity index (χ1v) is 5.27. The van der Waals surface area contributed by atoms with Gasteiger partial charge < -0.3 is 5.11 Å². The van der Waals surface area contributed by atoms with Crippen molar-refractivity contribution in [3.8, 4) is 0 Å². The van der Waals surface area contributed by atoms with E-state index >= 15 is 0 Å². The van der Waals surface area contributed by atoms with E-state index in [1.54, 1.807) is 24.2 Å². The second kappa shape index (κ2) is 5.17. The van der Waals surface area contributed by atoms with Crippen LogP contribution < -0.4 is 0 Å². The smallest absolute Gasteiger partial charge is 0.0507 e. The lowest BCUT2D eigenvalue weighted by Gasteiger charge is -2.11. The van der Waals surface area contributed by atoms with Gasteiger partial charge in [-0.25, -0.2) is 0 Å². The van der Waals surface area contributed by atoms with Gasteiger partial charge in [0.1, 0.15) is 0 Å². The molecule has 2 nitrogen and oxygen atoms in total. The van der Waals surface area contributed by atoms with Crippen LogP contribution in [0.25, 0.3) is 0 Å². The van der Waals surface area contributed by atoms with E-state index in [1.807, 2.05) is 18.4 Å². The number of thioether (sulfide) groups is 1. The molecule has 0 radical (unpaired) electrons. The van der Waals surface area contributed by atoms with Crippen LogP contribution in [0.2, 0.25) is 0 Å². The van der Waals surface area contributed by atoms with E-state index in [-0.39, 0.29) is 12.5 Å². The Bertz CT molecular complexity index is 215. The van der Waals surface area contributed by atoms with Crippen LogP contribution in [0.15, 0.2) is 24.5 Å². The van der Waals surface area contributed by atoms with Crippen LogP contribution in [0.5, 0.6) is 0 Å². The van der Waals surface area contributed by atoms with Gasteiger partial charge in [-0.2, -0.15) is 11.8 Å². The van der Waals surface area contributed by atoms with Gasteiger partial charge in [-0.15, -0.1) is 0 Å². The van der Waals surface area contributed by atoms with Gasteiger partial charge >= 0.3 is 0 Å². The third kappa shape index (κ3) is 2.50. The zero-order valence-electron chi connectivity index (χ0n) is 7.10. The SMILES string of the molecule is CSCC(CO)c1ccncc1. The van der Waals surface area contributed by atoms with Crippen molar-refractivity contribution in [3.63, 3.8) is 0 Å². The number of hydrogen-bond donors (Lipinski definition) is 1. The highest BCUT2D eigenvalue weighted by Gasteiger charge is 2.08. The monoisotopic (exact) mass is 183 g/mol. The molecule has 1 rings (SSSR count). The fraction of sp³-hybridized carbons (Fsp3) is 0.444. The second-order valence-electron chi connectivity index (χ2n) is 2.62. The van der Waals surface area contributed by atoms with Crippen LogP contribution in [-0.2, 0) is 0 Å². The van der Waals surface area contributed by atoms with Crippen molar-refractivity contribution in [1.82, 2.24) is 4.98 Å². The zero-order chi connectivity index (χ0) is 8.81. The lowest BCUT2D eigenvalue weighted by molar-refractivity contribution is 0.275. The molecule has 0 bridgehead atoms. The fourth-order valence-electron chi connectivity index (χ4n) is 1.09. The van der Waals surface area contributed by atoms with Crippen molar-refractivity contribution in [2.24, 2.45) is 0 Å². The van der Waals surface area contributed by atoms with Crippen molar-refractivity contribution in [3.05, 3.63) is 30.1 Å². The van der Waals surface area contributed by atoms with E-state index in [2.05, 4.69) is 4.98 Å². The van der Waals surface area contributed by atoms with Crippen molar-refractivity contribution in [2.45, 2.75) is 5.92 Å². The molecule has 0 aliphatic heterocycles. The van der Waals surface area contributed by atoms with Crippen LogP contribution >= 0.6 is 11.8 Å². The summed E-state index contributed by atoms with van der Waals surface area (Å²) in [6, 6.07) is 3.91. The van der Waals surface area contributed by atoms with Crippen LogP contribution in [0.1, 0.15) is 11.5 Å². The summed E-state index contributed by atoms with van der Waals surface area (Å²) in [5, 5.41) is 9.08. The highest BCUT2D eigenvalue weighted by molar-refractivity contribution is 7.98. The molecular formula is C9H13NOS. The van der Waals surface area contributed by atoms with Crippen molar-refractivity contribution in [2.75, 3.05) is 18.6 Å². The Morgan fingerprint density at radius 3 is 2.67 bits per heavy atom. The third-order valence-electron chi connectivity index (χ3n) is 1.77. The summed E-state index contributed by atoms with van der Waals surface area (Å²) in [7, 11) is 0. The summed E-state index contributed by atoms with van der Waals surface area (Å²) in [4.78, 5) is 3.93. The maximum atomic E-state index is 9.08. The summed E-state index contributed by atoms with van der Waals surface area (Å²) in [5.41, 5.74) is 1.17. The normalized spacial score (nSPS) is 12.8. The molecule has 0 saturated heterocycles. The number of pyridine rings is 1. The standard InChI is InChI=1S/C9H13NOS/c1-12-7-9(6-11)8-2-4-10-5-3-8/h2-5,9,11H,6-7H2,1H3. The molecule has 1 N–H and O–H groups in total. The number of aromatic nitrogens is 1. The number of rotatable bonds is 4. The Morgan fingerprint density at radius 2 is 2.17 bits per heavy atom. The molecule has 0 spiro atoms. The topological polar surface area (TPSA) is 33.1 Å². The molecule has 1 atom stereocenters. The third-order valence-corrected chi connectivity index (χ3v) is 2.50. The number of hydrogen-bond acceptors (Lipinski definition) is 3. The fourth-order valence-corrected chi connectivity index (χ4v) is 1.79. The highest BCUT2D eigenvalue weighted by atomic mass is 32.2. The minimum Gasteiger partial charge on any atom is -0.396 e. The molecule has 12 heavy (non-hydrogen) atoms. The first-order valence-electron chi connectivity index (χ1n) is 3.88.